The number of benzene rings is 2. The van der Waals surface area contributed by atoms with Crippen molar-refractivity contribution in [1.82, 2.24) is 9.96 Å². The summed E-state index contributed by atoms with van der Waals surface area (Å²) in [4.78, 5) is 19.4. The molecule has 1 saturated carbocycles. The molecule has 2 aromatic carbocycles. The smallest absolute Gasteiger partial charge is 0.271 e. The van der Waals surface area contributed by atoms with Crippen molar-refractivity contribution in [3.63, 3.8) is 0 Å². The van der Waals surface area contributed by atoms with Gasteiger partial charge in [-0.15, -0.1) is 0 Å². The number of hydrogen-bond donors (Lipinski definition) is 0. The number of nitrogens with zero attached hydrogens (tertiary/aromatic N) is 2. The molecule has 0 spiro atoms. The SMILES string of the molecule is CON(C)C(=O)CO[C@H]1CC[C@H](N(Cc2ccccc2)Cc2ccccc2)CC1. The summed E-state index contributed by atoms with van der Waals surface area (Å²) in [5, 5.41) is 1.22. The monoisotopic (exact) mass is 396 g/mol. The van der Waals surface area contributed by atoms with Gasteiger partial charge in [-0.2, -0.15) is 0 Å². The standard InChI is InChI=1S/C24H32N2O3/c1-25(28-2)24(27)19-29-23-15-13-22(14-16-23)26(17-20-9-5-3-6-10-20)18-21-11-7-4-8-12-21/h3-12,22-23H,13-19H2,1-2H3/t22-,23-. The highest BCUT2D eigenvalue weighted by Crippen LogP contribution is 2.27. The Morgan fingerprint density at radius 3 is 1.90 bits per heavy atom. The van der Waals surface area contributed by atoms with Crippen LogP contribution in [-0.2, 0) is 27.5 Å². The molecule has 0 saturated heterocycles. The first-order chi connectivity index (χ1) is 14.2. The van der Waals surface area contributed by atoms with Crippen molar-refractivity contribution < 1.29 is 14.4 Å². The molecule has 5 nitrogen and oxygen atoms in total. The van der Waals surface area contributed by atoms with E-state index in [9.17, 15) is 4.79 Å². The number of likely N-dealkylation sites (N-methyl/N-ethyl adjacent to an activating group) is 1. The minimum Gasteiger partial charge on any atom is -0.368 e. The maximum absolute atomic E-state index is 11.9. The van der Waals surface area contributed by atoms with Gasteiger partial charge in [0.15, 0.2) is 0 Å². The number of carbonyl (C=O) groups is 1. The molecule has 0 radical (unpaired) electrons. The summed E-state index contributed by atoms with van der Waals surface area (Å²) >= 11 is 0. The fraction of sp³-hybridized carbons (Fsp3) is 0.458. The van der Waals surface area contributed by atoms with Gasteiger partial charge in [0.05, 0.1) is 13.2 Å². The first-order valence-electron chi connectivity index (χ1n) is 10.4. The van der Waals surface area contributed by atoms with Gasteiger partial charge in [0.1, 0.15) is 6.61 Å². The summed E-state index contributed by atoms with van der Waals surface area (Å²) < 4.78 is 5.84. The quantitative estimate of drug-likeness (QED) is 0.600. The molecule has 0 N–H and O–H groups in total. The highest BCUT2D eigenvalue weighted by Gasteiger charge is 2.27. The van der Waals surface area contributed by atoms with Gasteiger partial charge in [0.25, 0.3) is 5.91 Å². The summed E-state index contributed by atoms with van der Waals surface area (Å²) in [7, 11) is 3.09. The fourth-order valence-electron chi connectivity index (χ4n) is 3.91. The van der Waals surface area contributed by atoms with Crippen LogP contribution in [0.1, 0.15) is 36.8 Å². The molecular weight excluding hydrogens is 364 g/mol. The Labute approximate surface area is 174 Å². The Kier molecular flexibility index (Phi) is 8.23. The fourth-order valence-corrected chi connectivity index (χ4v) is 3.91. The Hall–Kier alpha value is -2.21. The third-order valence-corrected chi connectivity index (χ3v) is 5.68. The molecule has 5 heteroatoms. The van der Waals surface area contributed by atoms with Crippen molar-refractivity contribution in [3.05, 3.63) is 71.8 Å². The molecule has 0 aliphatic heterocycles. The van der Waals surface area contributed by atoms with Crippen LogP contribution in [0.3, 0.4) is 0 Å². The minimum atomic E-state index is -0.149. The van der Waals surface area contributed by atoms with Gasteiger partial charge in [-0.05, 0) is 36.8 Å². The lowest BCUT2D eigenvalue weighted by Crippen LogP contribution is -2.39. The van der Waals surface area contributed by atoms with Crippen molar-refractivity contribution in [2.24, 2.45) is 0 Å². The van der Waals surface area contributed by atoms with Crippen LogP contribution in [0.5, 0.6) is 0 Å². The third kappa shape index (κ3) is 6.67. The van der Waals surface area contributed by atoms with Gasteiger partial charge in [-0.3, -0.25) is 14.5 Å². The molecule has 2 aromatic rings. The zero-order valence-corrected chi connectivity index (χ0v) is 17.5. The van der Waals surface area contributed by atoms with Crippen molar-refractivity contribution in [3.8, 4) is 0 Å². The number of rotatable bonds is 9. The molecule has 3 rings (SSSR count). The molecule has 0 heterocycles. The van der Waals surface area contributed by atoms with Gasteiger partial charge < -0.3 is 4.74 Å². The van der Waals surface area contributed by atoms with Crippen molar-refractivity contribution >= 4 is 5.91 Å². The second-order valence-corrected chi connectivity index (χ2v) is 7.69. The predicted octanol–water partition coefficient (Wildman–Crippen LogP) is 4.04. The van der Waals surface area contributed by atoms with Crippen LogP contribution in [0.4, 0.5) is 0 Å². The van der Waals surface area contributed by atoms with Crippen LogP contribution >= 0.6 is 0 Å². The van der Waals surface area contributed by atoms with Gasteiger partial charge in [0, 0.05) is 26.2 Å². The van der Waals surface area contributed by atoms with Crippen molar-refractivity contribution in [1.29, 1.82) is 0 Å². The van der Waals surface area contributed by atoms with E-state index >= 15 is 0 Å². The van der Waals surface area contributed by atoms with Crippen molar-refractivity contribution in [2.75, 3.05) is 20.8 Å². The molecule has 1 fully saturated rings. The summed E-state index contributed by atoms with van der Waals surface area (Å²) in [5.41, 5.74) is 2.69. The van der Waals surface area contributed by atoms with E-state index in [0.717, 1.165) is 38.8 Å². The maximum Gasteiger partial charge on any atom is 0.271 e. The molecule has 1 aliphatic rings. The normalized spacial score (nSPS) is 19.3. The molecule has 29 heavy (non-hydrogen) atoms. The average molecular weight is 397 g/mol. The number of hydroxylamine groups is 2. The van der Waals surface area contributed by atoms with Crippen LogP contribution in [0, 0.1) is 0 Å². The second kappa shape index (κ2) is 11.1. The Bertz CT molecular complexity index is 689. The van der Waals surface area contributed by atoms with Gasteiger partial charge in [-0.25, -0.2) is 5.06 Å². The number of hydrogen-bond acceptors (Lipinski definition) is 4. The lowest BCUT2D eigenvalue weighted by Gasteiger charge is -2.37. The number of ether oxygens (including phenoxy) is 1. The van der Waals surface area contributed by atoms with Crippen LogP contribution in [0.25, 0.3) is 0 Å². The van der Waals surface area contributed by atoms with Crippen LogP contribution < -0.4 is 0 Å². The van der Waals surface area contributed by atoms with E-state index in [2.05, 4.69) is 65.6 Å². The van der Waals surface area contributed by atoms with E-state index in [1.54, 1.807) is 7.05 Å². The highest BCUT2D eigenvalue weighted by atomic mass is 16.7. The average Bonchev–Trinajstić information content (AvgIpc) is 2.78. The lowest BCUT2D eigenvalue weighted by atomic mass is 9.91. The van der Waals surface area contributed by atoms with Crippen molar-refractivity contribution in [2.45, 2.75) is 50.9 Å². The zero-order valence-electron chi connectivity index (χ0n) is 17.5. The van der Waals surface area contributed by atoms with E-state index < -0.39 is 0 Å². The molecule has 0 atom stereocenters. The van der Waals surface area contributed by atoms with Gasteiger partial charge in [0.2, 0.25) is 0 Å². The summed E-state index contributed by atoms with van der Waals surface area (Å²) in [5.74, 6) is -0.149. The predicted molar refractivity (Wildman–Crippen MR) is 114 cm³/mol. The Balaban J connectivity index is 1.56. The molecule has 0 bridgehead atoms. The third-order valence-electron chi connectivity index (χ3n) is 5.68. The minimum absolute atomic E-state index is 0.0808. The molecule has 1 amide bonds. The molecule has 0 aromatic heterocycles. The number of carbonyl (C=O) groups excluding carboxylic acids is 1. The topological polar surface area (TPSA) is 42.0 Å². The number of amides is 1. The maximum atomic E-state index is 11.9. The highest BCUT2D eigenvalue weighted by molar-refractivity contribution is 5.76. The Morgan fingerprint density at radius 1 is 0.897 bits per heavy atom. The van der Waals surface area contributed by atoms with E-state index in [1.807, 2.05) is 0 Å². The molecular formula is C24H32N2O3. The van der Waals surface area contributed by atoms with Crippen LogP contribution in [-0.4, -0.2) is 48.8 Å². The second-order valence-electron chi connectivity index (χ2n) is 7.69. The molecule has 0 unspecified atom stereocenters. The van der Waals surface area contributed by atoms with E-state index in [-0.39, 0.29) is 18.6 Å². The molecule has 156 valence electrons. The van der Waals surface area contributed by atoms with E-state index in [4.69, 9.17) is 9.57 Å². The summed E-state index contributed by atoms with van der Waals surface area (Å²) in [6.45, 7) is 1.98. The van der Waals surface area contributed by atoms with Crippen LogP contribution in [0.2, 0.25) is 0 Å². The van der Waals surface area contributed by atoms with Crippen LogP contribution in [0.15, 0.2) is 60.7 Å². The van der Waals surface area contributed by atoms with Gasteiger partial charge in [-0.1, -0.05) is 60.7 Å². The summed E-state index contributed by atoms with van der Waals surface area (Å²) in [6.07, 6.45) is 4.27. The Morgan fingerprint density at radius 2 is 1.41 bits per heavy atom. The lowest BCUT2D eigenvalue weighted by molar-refractivity contribution is -0.175. The first-order valence-corrected chi connectivity index (χ1v) is 10.4. The largest absolute Gasteiger partial charge is 0.368 e. The van der Waals surface area contributed by atoms with E-state index in [0.29, 0.717) is 6.04 Å². The van der Waals surface area contributed by atoms with Gasteiger partial charge >= 0.3 is 0 Å². The summed E-state index contributed by atoms with van der Waals surface area (Å²) in [6, 6.07) is 21.9. The first kappa shape index (κ1) is 21.5. The zero-order chi connectivity index (χ0) is 20.5. The van der Waals surface area contributed by atoms with E-state index in [1.165, 1.54) is 23.3 Å². The molecule has 1 aliphatic carbocycles.